The van der Waals surface area contributed by atoms with Crippen molar-refractivity contribution in [3.63, 3.8) is 0 Å². The van der Waals surface area contributed by atoms with Gasteiger partial charge in [-0.2, -0.15) is 0 Å². The number of rotatable bonds is 3. The Hall–Kier alpha value is -3.15. The second kappa shape index (κ2) is 7.70. The molecule has 0 unspecified atom stereocenters. The molecular formula is C23H26N4O2. The fourth-order valence-corrected chi connectivity index (χ4v) is 3.70. The molecule has 2 aromatic carbocycles. The van der Waals surface area contributed by atoms with E-state index < -0.39 is 0 Å². The average molecular weight is 390 g/mol. The van der Waals surface area contributed by atoms with Gasteiger partial charge in [-0.05, 0) is 29.8 Å². The first-order valence-corrected chi connectivity index (χ1v) is 10.0. The summed E-state index contributed by atoms with van der Waals surface area (Å²) in [4.78, 5) is 26.2. The Morgan fingerprint density at radius 3 is 2.31 bits per heavy atom. The topological polar surface area (TPSA) is 69.6 Å². The minimum absolute atomic E-state index is 0.0316. The lowest BCUT2D eigenvalue weighted by Gasteiger charge is -2.35. The Balaban J connectivity index is 1.50. The summed E-state index contributed by atoms with van der Waals surface area (Å²) in [6, 6.07) is 13.2. The van der Waals surface area contributed by atoms with E-state index in [4.69, 9.17) is 4.98 Å². The molecule has 1 saturated heterocycles. The second-order valence-electron chi connectivity index (χ2n) is 7.88. The number of fused-ring (bicyclic) bond motifs is 1. The summed E-state index contributed by atoms with van der Waals surface area (Å²) in [5, 5.41) is 12.2. The Morgan fingerprint density at radius 1 is 1.00 bits per heavy atom. The van der Waals surface area contributed by atoms with Gasteiger partial charge < -0.3 is 14.9 Å². The Labute approximate surface area is 170 Å². The largest absolute Gasteiger partial charge is 0.507 e. The van der Waals surface area contributed by atoms with Gasteiger partial charge in [-0.3, -0.25) is 4.79 Å². The Kier molecular flexibility index (Phi) is 5.09. The molecule has 0 spiro atoms. The molecule has 1 fully saturated rings. The molecule has 1 aliphatic heterocycles. The molecule has 1 aromatic heterocycles. The second-order valence-corrected chi connectivity index (χ2v) is 7.88. The van der Waals surface area contributed by atoms with E-state index in [0.717, 1.165) is 28.1 Å². The van der Waals surface area contributed by atoms with Crippen LogP contribution in [0.25, 0.3) is 10.8 Å². The normalized spacial score (nSPS) is 14.6. The van der Waals surface area contributed by atoms with Crippen molar-refractivity contribution in [2.24, 2.45) is 0 Å². The summed E-state index contributed by atoms with van der Waals surface area (Å²) >= 11 is 0. The Bertz CT molecular complexity index is 1060. The van der Waals surface area contributed by atoms with Crippen LogP contribution in [0.2, 0.25) is 0 Å². The number of piperazine rings is 1. The molecule has 150 valence electrons. The molecule has 6 nitrogen and oxygen atoms in total. The van der Waals surface area contributed by atoms with E-state index in [0.29, 0.717) is 31.7 Å². The molecule has 29 heavy (non-hydrogen) atoms. The average Bonchev–Trinajstić information content (AvgIpc) is 2.72. The van der Waals surface area contributed by atoms with Gasteiger partial charge in [0.2, 0.25) is 0 Å². The van der Waals surface area contributed by atoms with Crippen LogP contribution in [0.5, 0.6) is 5.75 Å². The number of hydrogen-bond donors (Lipinski definition) is 1. The lowest BCUT2D eigenvalue weighted by Crippen LogP contribution is -2.49. The molecule has 4 rings (SSSR count). The number of benzene rings is 2. The molecule has 1 amide bonds. The number of aromatic nitrogens is 2. The van der Waals surface area contributed by atoms with Crippen molar-refractivity contribution in [2.75, 3.05) is 31.1 Å². The van der Waals surface area contributed by atoms with Crippen LogP contribution in [0.1, 0.15) is 41.6 Å². The van der Waals surface area contributed by atoms with Crippen LogP contribution >= 0.6 is 0 Å². The van der Waals surface area contributed by atoms with Crippen LogP contribution in [0.15, 0.2) is 42.5 Å². The Morgan fingerprint density at radius 2 is 1.66 bits per heavy atom. The highest BCUT2D eigenvalue weighted by Gasteiger charge is 2.25. The van der Waals surface area contributed by atoms with Crippen molar-refractivity contribution in [3.8, 4) is 5.75 Å². The number of nitrogens with zero attached hydrogens (tertiary/aromatic N) is 4. The standard InChI is InChI=1S/C23H26N4O2/c1-15(2)22-24-16(3)12-21(25-22)26-8-10-27(11-9-26)23(29)19-13-17-6-4-5-7-18(17)14-20(19)28/h4-7,12-15,28H,8-11H2,1-3H3. The number of carbonyl (C=O) groups is 1. The molecule has 0 aliphatic carbocycles. The van der Waals surface area contributed by atoms with Gasteiger partial charge in [-0.1, -0.05) is 38.1 Å². The maximum Gasteiger partial charge on any atom is 0.257 e. The summed E-state index contributed by atoms with van der Waals surface area (Å²) in [6.07, 6.45) is 0. The van der Waals surface area contributed by atoms with Crippen LogP contribution in [-0.2, 0) is 0 Å². The van der Waals surface area contributed by atoms with Crippen molar-refractivity contribution >= 4 is 22.5 Å². The fourth-order valence-electron chi connectivity index (χ4n) is 3.70. The number of carbonyl (C=O) groups excluding carboxylic acids is 1. The molecule has 0 radical (unpaired) electrons. The van der Waals surface area contributed by atoms with Crippen molar-refractivity contribution in [2.45, 2.75) is 26.7 Å². The van der Waals surface area contributed by atoms with Gasteiger partial charge in [0.1, 0.15) is 17.4 Å². The number of phenols is 1. The third kappa shape index (κ3) is 3.88. The molecular weight excluding hydrogens is 364 g/mol. The van der Waals surface area contributed by atoms with Crippen molar-refractivity contribution < 1.29 is 9.90 Å². The molecule has 3 aromatic rings. The molecule has 0 atom stereocenters. The highest BCUT2D eigenvalue weighted by Crippen LogP contribution is 2.27. The molecule has 0 bridgehead atoms. The third-order valence-corrected chi connectivity index (χ3v) is 5.36. The van der Waals surface area contributed by atoms with E-state index in [1.807, 2.05) is 37.3 Å². The van der Waals surface area contributed by atoms with E-state index in [1.54, 1.807) is 17.0 Å². The highest BCUT2D eigenvalue weighted by molar-refractivity contribution is 6.01. The predicted octanol–water partition coefficient (Wildman–Crippen LogP) is 3.73. The maximum atomic E-state index is 13.0. The van der Waals surface area contributed by atoms with Gasteiger partial charge in [0.15, 0.2) is 0 Å². The molecule has 2 heterocycles. The first-order chi connectivity index (χ1) is 13.9. The summed E-state index contributed by atoms with van der Waals surface area (Å²) in [5.41, 5.74) is 1.32. The van der Waals surface area contributed by atoms with Gasteiger partial charge in [0.25, 0.3) is 5.91 Å². The lowest BCUT2D eigenvalue weighted by atomic mass is 10.0. The quantitative estimate of drug-likeness (QED) is 0.738. The van der Waals surface area contributed by atoms with Gasteiger partial charge in [-0.25, -0.2) is 9.97 Å². The number of amides is 1. The predicted molar refractivity (Wildman–Crippen MR) is 115 cm³/mol. The molecule has 6 heteroatoms. The zero-order valence-electron chi connectivity index (χ0n) is 17.1. The van der Waals surface area contributed by atoms with Crippen LogP contribution in [0.3, 0.4) is 0 Å². The highest BCUT2D eigenvalue weighted by atomic mass is 16.3. The number of hydrogen-bond acceptors (Lipinski definition) is 5. The minimum Gasteiger partial charge on any atom is -0.507 e. The molecule has 1 aliphatic rings. The van der Waals surface area contributed by atoms with E-state index >= 15 is 0 Å². The monoisotopic (exact) mass is 390 g/mol. The van der Waals surface area contributed by atoms with Gasteiger partial charge in [0, 0.05) is 43.9 Å². The van der Waals surface area contributed by atoms with E-state index in [9.17, 15) is 9.90 Å². The van der Waals surface area contributed by atoms with Crippen LogP contribution in [0.4, 0.5) is 5.82 Å². The smallest absolute Gasteiger partial charge is 0.257 e. The number of anilines is 1. The zero-order chi connectivity index (χ0) is 20.5. The maximum absolute atomic E-state index is 13.0. The van der Waals surface area contributed by atoms with Crippen molar-refractivity contribution in [1.82, 2.24) is 14.9 Å². The summed E-state index contributed by atoms with van der Waals surface area (Å²) in [7, 11) is 0. The molecule has 0 saturated carbocycles. The molecule has 1 N–H and O–H groups in total. The van der Waals surface area contributed by atoms with Crippen LogP contribution in [-0.4, -0.2) is 52.1 Å². The first-order valence-electron chi connectivity index (χ1n) is 10.0. The van der Waals surface area contributed by atoms with Crippen LogP contribution in [0, 0.1) is 6.92 Å². The van der Waals surface area contributed by atoms with E-state index in [2.05, 4.69) is 23.7 Å². The first kappa shape index (κ1) is 19.2. The van der Waals surface area contributed by atoms with E-state index in [1.165, 1.54) is 0 Å². The lowest BCUT2D eigenvalue weighted by molar-refractivity contribution is 0.0743. The van der Waals surface area contributed by atoms with E-state index in [-0.39, 0.29) is 17.6 Å². The summed E-state index contributed by atoms with van der Waals surface area (Å²) in [5.74, 6) is 1.94. The SMILES string of the molecule is Cc1cc(N2CCN(C(=O)c3cc4ccccc4cc3O)CC2)nc(C(C)C)n1. The zero-order valence-corrected chi connectivity index (χ0v) is 17.1. The number of aromatic hydroxyl groups is 1. The van der Waals surface area contributed by atoms with Crippen molar-refractivity contribution in [3.05, 3.63) is 59.5 Å². The number of phenolic OH excluding ortho intramolecular Hbond substituents is 1. The summed E-state index contributed by atoms with van der Waals surface area (Å²) < 4.78 is 0. The van der Waals surface area contributed by atoms with Crippen LogP contribution < -0.4 is 4.90 Å². The summed E-state index contributed by atoms with van der Waals surface area (Å²) in [6.45, 7) is 8.74. The fraction of sp³-hybridized carbons (Fsp3) is 0.348. The van der Waals surface area contributed by atoms with Gasteiger partial charge in [-0.15, -0.1) is 0 Å². The van der Waals surface area contributed by atoms with Gasteiger partial charge in [0.05, 0.1) is 5.56 Å². The third-order valence-electron chi connectivity index (χ3n) is 5.36. The minimum atomic E-state index is -0.130. The van der Waals surface area contributed by atoms with Gasteiger partial charge >= 0.3 is 0 Å². The van der Waals surface area contributed by atoms with Crippen molar-refractivity contribution in [1.29, 1.82) is 0 Å². The number of aryl methyl sites for hydroxylation is 1.